The number of aromatic nitrogens is 4. The van der Waals surface area contributed by atoms with E-state index in [0.717, 1.165) is 41.0 Å². The van der Waals surface area contributed by atoms with Gasteiger partial charge in [0, 0.05) is 24.7 Å². The van der Waals surface area contributed by atoms with Crippen molar-refractivity contribution in [2.45, 2.75) is 12.8 Å². The molecule has 6 heteroatoms. The quantitative estimate of drug-likeness (QED) is 0.788. The van der Waals surface area contributed by atoms with Crippen LogP contribution in [0.3, 0.4) is 0 Å². The van der Waals surface area contributed by atoms with Crippen molar-refractivity contribution in [1.29, 1.82) is 0 Å². The summed E-state index contributed by atoms with van der Waals surface area (Å²) in [5, 5.41) is 12.3. The molecule has 0 aliphatic carbocycles. The first-order chi connectivity index (χ1) is 11.3. The second-order valence-electron chi connectivity index (χ2n) is 5.60. The van der Waals surface area contributed by atoms with Gasteiger partial charge in [0.05, 0.1) is 18.5 Å². The number of anilines is 1. The molecule has 0 saturated carbocycles. The standard InChI is InChI=1S/C17H17N5O/c1-11-10-19-14-9-12(23-2)6-7-15(14)22-16(11)20-21-17(22)13-5-3-4-8-18-13/h3-9,11,19H,10H2,1-2H3/t11-/m1/s1. The van der Waals surface area contributed by atoms with Crippen LogP contribution in [-0.4, -0.2) is 33.4 Å². The van der Waals surface area contributed by atoms with E-state index in [4.69, 9.17) is 4.74 Å². The molecule has 0 spiro atoms. The van der Waals surface area contributed by atoms with Crippen LogP contribution in [0.2, 0.25) is 0 Å². The van der Waals surface area contributed by atoms with Gasteiger partial charge in [0.2, 0.25) is 0 Å². The van der Waals surface area contributed by atoms with Crippen LogP contribution in [0.5, 0.6) is 5.75 Å². The predicted octanol–water partition coefficient (Wildman–Crippen LogP) is 2.87. The summed E-state index contributed by atoms with van der Waals surface area (Å²) in [7, 11) is 1.67. The molecule has 3 aromatic rings. The van der Waals surface area contributed by atoms with E-state index in [1.165, 1.54) is 0 Å². The molecular formula is C17H17N5O. The second kappa shape index (κ2) is 5.39. The van der Waals surface area contributed by atoms with Crippen LogP contribution in [0, 0.1) is 0 Å². The average molecular weight is 307 g/mol. The smallest absolute Gasteiger partial charge is 0.187 e. The minimum Gasteiger partial charge on any atom is -0.497 e. The molecule has 2 aromatic heterocycles. The highest BCUT2D eigenvalue weighted by molar-refractivity contribution is 5.68. The first kappa shape index (κ1) is 13.8. The van der Waals surface area contributed by atoms with Gasteiger partial charge in [-0.25, -0.2) is 0 Å². The summed E-state index contributed by atoms with van der Waals surface area (Å²) in [4.78, 5) is 4.42. The zero-order valence-corrected chi connectivity index (χ0v) is 13.0. The topological polar surface area (TPSA) is 64.9 Å². The molecule has 3 heterocycles. The van der Waals surface area contributed by atoms with Gasteiger partial charge in [-0.2, -0.15) is 0 Å². The highest BCUT2D eigenvalue weighted by Crippen LogP contribution is 2.34. The lowest BCUT2D eigenvalue weighted by molar-refractivity contribution is 0.415. The van der Waals surface area contributed by atoms with Crippen LogP contribution in [0.15, 0.2) is 42.6 Å². The van der Waals surface area contributed by atoms with Crippen molar-refractivity contribution in [1.82, 2.24) is 19.7 Å². The van der Waals surface area contributed by atoms with E-state index in [1.807, 2.05) is 36.4 Å². The third-order valence-electron chi connectivity index (χ3n) is 4.07. The van der Waals surface area contributed by atoms with E-state index in [9.17, 15) is 0 Å². The summed E-state index contributed by atoms with van der Waals surface area (Å²) in [5.74, 6) is 2.74. The molecule has 0 fully saturated rings. The Kier molecular flexibility index (Phi) is 3.22. The van der Waals surface area contributed by atoms with Crippen LogP contribution in [0.4, 0.5) is 5.69 Å². The molecule has 1 N–H and O–H groups in total. The third kappa shape index (κ3) is 2.23. The van der Waals surface area contributed by atoms with E-state index in [0.29, 0.717) is 0 Å². The molecule has 1 aliphatic heterocycles. The SMILES string of the molecule is COc1ccc2c(c1)NC[C@@H](C)c1nnc(-c3ccccn3)n1-2. The molecule has 1 aromatic carbocycles. The van der Waals surface area contributed by atoms with E-state index < -0.39 is 0 Å². The maximum absolute atomic E-state index is 5.34. The Morgan fingerprint density at radius 2 is 2.13 bits per heavy atom. The lowest BCUT2D eigenvalue weighted by Crippen LogP contribution is -2.09. The molecule has 0 unspecified atom stereocenters. The Labute approximate surface area is 134 Å². The molecule has 0 saturated heterocycles. The number of nitrogens with zero attached hydrogens (tertiary/aromatic N) is 4. The van der Waals surface area contributed by atoms with Crippen LogP contribution in [0.1, 0.15) is 18.7 Å². The van der Waals surface area contributed by atoms with Crippen LogP contribution >= 0.6 is 0 Å². The molecule has 23 heavy (non-hydrogen) atoms. The summed E-state index contributed by atoms with van der Waals surface area (Å²) < 4.78 is 7.42. The second-order valence-corrected chi connectivity index (χ2v) is 5.60. The van der Waals surface area contributed by atoms with Crippen LogP contribution in [0.25, 0.3) is 17.2 Å². The fourth-order valence-electron chi connectivity index (χ4n) is 2.85. The Balaban J connectivity index is 1.96. The fourth-order valence-corrected chi connectivity index (χ4v) is 2.85. The van der Waals surface area contributed by atoms with E-state index in [-0.39, 0.29) is 5.92 Å². The van der Waals surface area contributed by atoms with Crippen molar-refractivity contribution in [2.75, 3.05) is 19.0 Å². The molecular weight excluding hydrogens is 290 g/mol. The Morgan fingerprint density at radius 1 is 1.22 bits per heavy atom. The summed E-state index contributed by atoms with van der Waals surface area (Å²) >= 11 is 0. The van der Waals surface area contributed by atoms with Crippen molar-refractivity contribution in [2.24, 2.45) is 0 Å². The maximum atomic E-state index is 5.34. The number of fused-ring (bicyclic) bond motifs is 3. The normalized spacial score (nSPS) is 16.0. The summed E-state index contributed by atoms with van der Waals surface area (Å²) in [6.45, 7) is 2.93. The molecule has 4 rings (SSSR count). The Morgan fingerprint density at radius 3 is 2.91 bits per heavy atom. The molecule has 1 aliphatic rings. The number of rotatable bonds is 2. The van der Waals surface area contributed by atoms with Crippen molar-refractivity contribution in [3.05, 3.63) is 48.4 Å². The van der Waals surface area contributed by atoms with Gasteiger partial charge in [0.15, 0.2) is 5.82 Å². The minimum atomic E-state index is 0.235. The van der Waals surface area contributed by atoms with Crippen molar-refractivity contribution < 1.29 is 4.74 Å². The average Bonchev–Trinajstić information content (AvgIpc) is 2.99. The molecule has 0 bridgehead atoms. The van der Waals surface area contributed by atoms with E-state index >= 15 is 0 Å². The lowest BCUT2D eigenvalue weighted by atomic mass is 10.1. The van der Waals surface area contributed by atoms with E-state index in [2.05, 4.69) is 32.0 Å². The largest absolute Gasteiger partial charge is 0.497 e. The minimum absolute atomic E-state index is 0.235. The predicted molar refractivity (Wildman–Crippen MR) is 88.0 cm³/mol. The van der Waals surface area contributed by atoms with Crippen LogP contribution in [-0.2, 0) is 0 Å². The van der Waals surface area contributed by atoms with Gasteiger partial charge in [0.1, 0.15) is 17.3 Å². The zero-order chi connectivity index (χ0) is 15.8. The fraction of sp³-hybridized carbons (Fsp3) is 0.235. The number of pyridine rings is 1. The van der Waals surface area contributed by atoms with Gasteiger partial charge in [-0.05, 0) is 24.3 Å². The molecule has 0 amide bonds. The van der Waals surface area contributed by atoms with Gasteiger partial charge in [-0.3, -0.25) is 9.55 Å². The third-order valence-corrected chi connectivity index (χ3v) is 4.07. The number of benzene rings is 1. The van der Waals surface area contributed by atoms with Crippen molar-refractivity contribution >= 4 is 5.69 Å². The Bertz CT molecular complexity index is 843. The van der Waals surface area contributed by atoms with E-state index in [1.54, 1.807) is 13.3 Å². The van der Waals surface area contributed by atoms with Gasteiger partial charge in [-0.15, -0.1) is 10.2 Å². The van der Waals surface area contributed by atoms with Crippen molar-refractivity contribution in [3.8, 4) is 23.0 Å². The first-order valence-corrected chi connectivity index (χ1v) is 7.57. The monoisotopic (exact) mass is 307 g/mol. The molecule has 1 atom stereocenters. The molecule has 116 valence electrons. The van der Waals surface area contributed by atoms with Gasteiger partial charge in [-0.1, -0.05) is 13.0 Å². The summed E-state index contributed by atoms with van der Waals surface area (Å²) in [6.07, 6.45) is 1.77. The first-order valence-electron chi connectivity index (χ1n) is 7.57. The maximum Gasteiger partial charge on any atom is 0.187 e. The van der Waals surface area contributed by atoms with Gasteiger partial charge >= 0.3 is 0 Å². The highest BCUT2D eigenvalue weighted by atomic mass is 16.5. The number of nitrogens with one attached hydrogen (secondary N) is 1. The van der Waals surface area contributed by atoms with Crippen LogP contribution < -0.4 is 10.1 Å². The van der Waals surface area contributed by atoms with Crippen molar-refractivity contribution in [3.63, 3.8) is 0 Å². The number of ether oxygens (including phenoxy) is 1. The van der Waals surface area contributed by atoms with Gasteiger partial charge < -0.3 is 10.1 Å². The summed E-state index contributed by atoms with van der Waals surface area (Å²) in [6, 6.07) is 11.8. The number of hydrogen-bond donors (Lipinski definition) is 1. The van der Waals surface area contributed by atoms with Gasteiger partial charge in [0.25, 0.3) is 0 Å². The summed E-state index contributed by atoms with van der Waals surface area (Å²) in [5.41, 5.74) is 2.82. The molecule has 0 radical (unpaired) electrons. The highest BCUT2D eigenvalue weighted by Gasteiger charge is 2.25. The Hall–Kier alpha value is -2.89. The number of methoxy groups -OCH3 is 1. The lowest BCUT2D eigenvalue weighted by Gasteiger charge is -2.13. The zero-order valence-electron chi connectivity index (χ0n) is 13.0. The molecule has 6 nitrogen and oxygen atoms in total. The number of hydrogen-bond acceptors (Lipinski definition) is 5.